The van der Waals surface area contributed by atoms with E-state index in [1.807, 2.05) is 25.7 Å². The summed E-state index contributed by atoms with van der Waals surface area (Å²) in [4.78, 5) is 22.3. The van der Waals surface area contributed by atoms with E-state index in [1.54, 1.807) is 18.6 Å². The van der Waals surface area contributed by atoms with Gasteiger partial charge < -0.3 is 15.0 Å². The Morgan fingerprint density at radius 2 is 2.18 bits per heavy atom. The number of ether oxygens (including phenoxy) is 1. The molecule has 0 aliphatic carbocycles. The second-order valence-electron chi connectivity index (χ2n) is 6.67. The predicted molar refractivity (Wildman–Crippen MR) is 84.3 cm³/mol. The number of aromatic nitrogens is 2. The fourth-order valence-corrected chi connectivity index (χ4v) is 2.48. The molecule has 1 saturated heterocycles. The first kappa shape index (κ1) is 16.7. The minimum atomic E-state index is -0.437. The molecule has 1 aromatic rings. The number of rotatable bonds is 3. The molecular weight excluding hydrogens is 280 g/mol. The van der Waals surface area contributed by atoms with Crippen molar-refractivity contribution in [2.45, 2.75) is 58.2 Å². The van der Waals surface area contributed by atoms with E-state index in [4.69, 9.17) is 4.74 Å². The molecule has 2 rings (SSSR count). The molecule has 1 N–H and O–H groups in total. The Balaban J connectivity index is 1.78. The van der Waals surface area contributed by atoms with Gasteiger partial charge in [-0.15, -0.1) is 0 Å². The average Bonchev–Trinajstić information content (AvgIpc) is 2.70. The molecule has 2 heterocycles. The molecule has 0 bridgehead atoms. The normalized spacial score (nSPS) is 19.6. The van der Waals surface area contributed by atoms with Crippen LogP contribution in [-0.4, -0.2) is 45.7 Å². The van der Waals surface area contributed by atoms with Crippen LogP contribution in [-0.2, 0) is 11.3 Å². The molecule has 1 amide bonds. The van der Waals surface area contributed by atoms with Gasteiger partial charge in [0.15, 0.2) is 0 Å². The molecule has 0 radical (unpaired) electrons. The van der Waals surface area contributed by atoms with E-state index < -0.39 is 5.60 Å². The van der Waals surface area contributed by atoms with Crippen LogP contribution in [0.2, 0.25) is 0 Å². The van der Waals surface area contributed by atoms with E-state index in [0.29, 0.717) is 12.6 Å². The number of nitrogens with zero attached hydrogens (tertiary/aromatic N) is 3. The molecule has 0 saturated carbocycles. The maximum atomic E-state index is 12.1. The standard InChI is InChI=1S/C16H26N4O2/c1-16(2,3)22-15(21)20-9-4-5-13(6-10-20)19-12-14-11-17-7-8-18-14/h7-8,11,13,19H,4-6,9-10,12H2,1-3H3. The van der Waals surface area contributed by atoms with Crippen LogP contribution >= 0.6 is 0 Å². The monoisotopic (exact) mass is 306 g/mol. The third-order valence-electron chi connectivity index (χ3n) is 3.57. The second-order valence-corrected chi connectivity index (χ2v) is 6.67. The lowest BCUT2D eigenvalue weighted by Crippen LogP contribution is -2.38. The molecule has 6 heteroatoms. The summed E-state index contributed by atoms with van der Waals surface area (Å²) >= 11 is 0. The molecule has 6 nitrogen and oxygen atoms in total. The first-order valence-corrected chi connectivity index (χ1v) is 7.90. The summed E-state index contributed by atoms with van der Waals surface area (Å²) in [6, 6.07) is 0.398. The van der Waals surface area contributed by atoms with Gasteiger partial charge in [-0.25, -0.2) is 4.79 Å². The van der Waals surface area contributed by atoms with Crippen LogP contribution in [0.5, 0.6) is 0 Å². The van der Waals surface area contributed by atoms with Crippen LogP contribution < -0.4 is 5.32 Å². The second kappa shape index (κ2) is 7.54. The molecule has 1 aromatic heterocycles. The van der Waals surface area contributed by atoms with E-state index in [2.05, 4.69) is 15.3 Å². The topological polar surface area (TPSA) is 67.3 Å². The summed E-state index contributed by atoms with van der Waals surface area (Å²) in [5.41, 5.74) is 0.503. The van der Waals surface area contributed by atoms with Gasteiger partial charge >= 0.3 is 6.09 Å². The zero-order valence-electron chi connectivity index (χ0n) is 13.7. The van der Waals surface area contributed by atoms with Gasteiger partial charge in [-0.05, 0) is 40.0 Å². The predicted octanol–water partition coefficient (Wildman–Crippen LogP) is 2.36. The number of hydrogen-bond donors (Lipinski definition) is 1. The first-order chi connectivity index (χ1) is 10.4. The fourth-order valence-electron chi connectivity index (χ4n) is 2.48. The Morgan fingerprint density at radius 3 is 2.86 bits per heavy atom. The quantitative estimate of drug-likeness (QED) is 0.928. The largest absolute Gasteiger partial charge is 0.444 e. The van der Waals surface area contributed by atoms with Gasteiger partial charge in [0, 0.05) is 44.3 Å². The van der Waals surface area contributed by atoms with Crippen LogP contribution in [0.3, 0.4) is 0 Å². The molecular formula is C16H26N4O2. The van der Waals surface area contributed by atoms with Crippen LogP contribution in [0, 0.1) is 0 Å². The fraction of sp³-hybridized carbons (Fsp3) is 0.688. The average molecular weight is 306 g/mol. The van der Waals surface area contributed by atoms with Crippen molar-refractivity contribution in [2.24, 2.45) is 0 Å². The van der Waals surface area contributed by atoms with Crippen molar-refractivity contribution in [3.63, 3.8) is 0 Å². The summed E-state index contributed by atoms with van der Waals surface area (Å²) in [6.45, 7) is 7.89. The zero-order valence-corrected chi connectivity index (χ0v) is 13.7. The summed E-state index contributed by atoms with van der Waals surface area (Å²) in [6.07, 6.45) is 7.91. The highest BCUT2D eigenvalue weighted by atomic mass is 16.6. The Morgan fingerprint density at radius 1 is 1.36 bits per heavy atom. The Labute approximate surface area is 132 Å². The molecule has 0 aromatic carbocycles. The Kier molecular flexibility index (Phi) is 5.71. The lowest BCUT2D eigenvalue weighted by atomic mass is 10.1. The molecule has 122 valence electrons. The van der Waals surface area contributed by atoms with Crippen molar-refractivity contribution in [3.05, 3.63) is 24.3 Å². The number of carbonyl (C=O) groups is 1. The molecule has 1 aliphatic rings. The van der Waals surface area contributed by atoms with Crippen molar-refractivity contribution < 1.29 is 9.53 Å². The van der Waals surface area contributed by atoms with Gasteiger partial charge in [0.2, 0.25) is 0 Å². The van der Waals surface area contributed by atoms with Crippen molar-refractivity contribution in [2.75, 3.05) is 13.1 Å². The summed E-state index contributed by atoms with van der Waals surface area (Å²) in [7, 11) is 0. The summed E-state index contributed by atoms with van der Waals surface area (Å²) in [5, 5.41) is 3.50. The molecule has 1 unspecified atom stereocenters. The van der Waals surface area contributed by atoms with Gasteiger partial charge in [0.05, 0.1) is 5.69 Å². The number of carbonyl (C=O) groups excluding carboxylic acids is 1. The van der Waals surface area contributed by atoms with Crippen LogP contribution in [0.25, 0.3) is 0 Å². The van der Waals surface area contributed by atoms with E-state index in [-0.39, 0.29) is 6.09 Å². The lowest BCUT2D eigenvalue weighted by molar-refractivity contribution is 0.0256. The highest BCUT2D eigenvalue weighted by Crippen LogP contribution is 2.15. The molecule has 1 atom stereocenters. The van der Waals surface area contributed by atoms with Gasteiger partial charge in [-0.3, -0.25) is 9.97 Å². The van der Waals surface area contributed by atoms with Gasteiger partial charge in [-0.2, -0.15) is 0 Å². The summed E-state index contributed by atoms with van der Waals surface area (Å²) in [5.74, 6) is 0. The number of amides is 1. The number of likely N-dealkylation sites (tertiary alicyclic amines) is 1. The van der Waals surface area contributed by atoms with E-state index in [0.717, 1.165) is 38.0 Å². The lowest BCUT2D eigenvalue weighted by Gasteiger charge is -2.26. The van der Waals surface area contributed by atoms with E-state index in [1.165, 1.54) is 0 Å². The molecule has 0 spiro atoms. The third-order valence-corrected chi connectivity index (χ3v) is 3.57. The smallest absolute Gasteiger partial charge is 0.410 e. The number of nitrogens with one attached hydrogen (secondary N) is 1. The van der Waals surface area contributed by atoms with Gasteiger partial charge in [0.25, 0.3) is 0 Å². The Hall–Kier alpha value is -1.69. The highest BCUT2D eigenvalue weighted by Gasteiger charge is 2.25. The van der Waals surface area contributed by atoms with E-state index >= 15 is 0 Å². The van der Waals surface area contributed by atoms with E-state index in [9.17, 15) is 4.79 Å². The highest BCUT2D eigenvalue weighted by molar-refractivity contribution is 5.68. The van der Waals surface area contributed by atoms with Crippen LogP contribution in [0.1, 0.15) is 45.7 Å². The first-order valence-electron chi connectivity index (χ1n) is 7.90. The molecule has 1 fully saturated rings. The minimum absolute atomic E-state index is 0.206. The van der Waals surface area contributed by atoms with Crippen molar-refractivity contribution >= 4 is 6.09 Å². The molecule has 22 heavy (non-hydrogen) atoms. The zero-order chi connectivity index (χ0) is 16.0. The SMILES string of the molecule is CC(C)(C)OC(=O)N1CCCC(NCc2cnccn2)CC1. The van der Waals surface area contributed by atoms with Gasteiger partial charge in [0.1, 0.15) is 5.60 Å². The van der Waals surface area contributed by atoms with Crippen LogP contribution in [0.15, 0.2) is 18.6 Å². The maximum absolute atomic E-state index is 12.1. The minimum Gasteiger partial charge on any atom is -0.444 e. The third kappa shape index (κ3) is 5.60. The number of hydrogen-bond acceptors (Lipinski definition) is 5. The van der Waals surface area contributed by atoms with Gasteiger partial charge in [-0.1, -0.05) is 0 Å². The van der Waals surface area contributed by atoms with Crippen molar-refractivity contribution in [3.8, 4) is 0 Å². The molecule has 1 aliphatic heterocycles. The maximum Gasteiger partial charge on any atom is 0.410 e. The van der Waals surface area contributed by atoms with Crippen LogP contribution in [0.4, 0.5) is 4.79 Å². The Bertz CT molecular complexity index is 473. The van der Waals surface area contributed by atoms with Crippen molar-refractivity contribution in [1.29, 1.82) is 0 Å². The van der Waals surface area contributed by atoms with Crippen molar-refractivity contribution in [1.82, 2.24) is 20.2 Å². The summed E-state index contributed by atoms with van der Waals surface area (Å²) < 4.78 is 5.45.